The Morgan fingerprint density at radius 2 is 1.20 bits per heavy atom. The van der Waals surface area contributed by atoms with Gasteiger partial charge in [0.2, 0.25) is 0 Å². The fourth-order valence-corrected chi connectivity index (χ4v) is 0.932. The predicted molar refractivity (Wildman–Crippen MR) is 69.5 cm³/mol. The van der Waals surface area contributed by atoms with Crippen LogP contribution in [0.3, 0.4) is 0 Å². The number of rotatable bonds is 7. The van der Waals surface area contributed by atoms with Crippen LogP contribution in [-0.2, 0) is 29.1 Å². The van der Waals surface area contributed by atoms with Gasteiger partial charge in [-0.25, -0.2) is 14.6 Å². The van der Waals surface area contributed by atoms with Gasteiger partial charge in [0.15, 0.2) is 0 Å². The van der Waals surface area contributed by atoms with Crippen molar-refractivity contribution in [1.29, 1.82) is 0 Å². The number of carbonyl (C=O) groups is 2. The first kappa shape index (κ1) is 19.0. The molecular weight excluding hydrogens is 268 g/mol. The quantitative estimate of drug-likeness (QED) is 0.437. The van der Waals surface area contributed by atoms with E-state index in [1.165, 1.54) is 6.92 Å². The summed E-state index contributed by atoms with van der Waals surface area (Å²) in [5.74, 6) is -4.30. The minimum atomic E-state index is -2.34. The van der Waals surface area contributed by atoms with E-state index in [2.05, 4.69) is 0 Å². The van der Waals surface area contributed by atoms with Crippen LogP contribution in [0.15, 0.2) is 0 Å². The molecule has 0 saturated carbocycles. The smallest absolute Gasteiger partial charge is 0.370 e. The maximum Gasteiger partial charge on any atom is 0.370 e. The van der Waals surface area contributed by atoms with Crippen LogP contribution in [-0.4, -0.2) is 33.8 Å². The first-order valence-electron chi connectivity index (χ1n) is 6.24. The van der Waals surface area contributed by atoms with Crippen LogP contribution in [0.4, 0.5) is 0 Å². The number of aliphatic carboxylic acids is 1. The fourth-order valence-electron chi connectivity index (χ4n) is 0.932. The molecule has 118 valence electrons. The second-order valence-electron chi connectivity index (χ2n) is 6.49. The summed E-state index contributed by atoms with van der Waals surface area (Å²) in [5.41, 5.74) is -1.55. The molecule has 7 heteroatoms. The van der Waals surface area contributed by atoms with Crippen molar-refractivity contribution in [3.05, 3.63) is 0 Å². The summed E-state index contributed by atoms with van der Waals surface area (Å²) in [6, 6.07) is 0. The fraction of sp³-hybridized carbons (Fsp3) is 0.846. The second kappa shape index (κ2) is 6.62. The van der Waals surface area contributed by atoms with Gasteiger partial charge in [-0.2, -0.15) is 9.78 Å². The van der Waals surface area contributed by atoms with E-state index in [1.54, 1.807) is 41.5 Å². The van der Waals surface area contributed by atoms with Crippen LogP contribution in [0, 0.1) is 0 Å². The van der Waals surface area contributed by atoms with Crippen molar-refractivity contribution in [3.63, 3.8) is 0 Å². The highest BCUT2D eigenvalue weighted by Crippen LogP contribution is 2.25. The number of carbonyl (C=O) groups excluding carboxylic acids is 1. The van der Waals surface area contributed by atoms with Crippen molar-refractivity contribution in [3.8, 4) is 0 Å². The van der Waals surface area contributed by atoms with Crippen LogP contribution in [0.5, 0.6) is 0 Å². The lowest BCUT2D eigenvalue weighted by Gasteiger charge is -2.31. The summed E-state index contributed by atoms with van der Waals surface area (Å²) in [6.45, 7) is 11.2. The van der Waals surface area contributed by atoms with E-state index >= 15 is 0 Å². The topological polar surface area (TPSA) is 91.3 Å². The Morgan fingerprint density at radius 1 is 0.850 bits per heavy atom. The molecule has 0 aromatic heterocycles. The Kier molecular flexibility index (Phi) is 6.28. The molecule has 0 rings (SSSR count). The van der Waals surface area contributed by atoms with Crippen molar-refractivity contribution >= 4 is 11.8 Å². The number of Topliss-reactive ketones (excluding diaryl/α,β-unsaturated/α-hetero) is 1. The molecule has 0 unspecified atom stereocenters. The molecule has 0 heterocycles. The SMILES string of the molecule is CC(=O)CC(OOC(C)(C)C)(OOC(C)(C)C)C(=O)O. The van der Waals surface area contributed by atoms with E-state index in [-0.39, 0.29) is 0 Å². The summed E-state index contributed by atoms with van der Waals surface area (Å²) in [7, 11) is 0. The number of carboxylic acid groups (broad SMARTS) is 1. The van der Waals surface area contributed by atoms with Crippen molar-refractivity contribution < 1.29 is 34.2 Å². The zero-order valence-electron chi connectivity index (χ0n) is 13.1. The zero-order chi connectivity index (χ0) is 16.2. The molecule has 0 atom stereocenters. The summed E-state index contributed by atoms with van der Waals surface area (Å²) in [4.78, 5) is 42.5. The lowest BCUT2D eigenvalue weighted by Crippen LogP contribution is -2.48. The third-order valence-electron chi connectivity index (χ3n) is 1.66. The molecule has 0 aliphatic rings. The average Bonchev–Trinajstić information content (AvgIpc) is 2.19. The standard InChI is InChI=1S/C13H24O7/c1-9(14)8-13(10(15)16,19-17-11(2,3)4)20-18-12(5,6)7/h8H2,1-7H3,(H,15,16). The molecule has 0 spiro atoms. The Bertz CT molecular complexity index is 331. The Hall–Kier alpha value is -1.02. The molecule has 0 aliphatic heterocycles. The molecule has 0 amide bonds. The minimum Gasteiger partial charge on any atom is -0.477 e. The van der Waals surface area contributed by atoms with Crippen LogP contribution >= 0.6 is 0 Å². The van der Waals surface area contributed by atoms with Gasteiger partial charge in [0.05, 0.1) is 17.6 Å². The normalized spacial score (nSPS) is 13.3. The van der Waals surface area contributed by atoms with E-state index in [1.807, 2.05) is 0 Å². The summed E-state index contributed by atoms with van der Waals surface area (Å²) < 4.78 is 0. The largest absolute Gasteiger partial charge is 0.477 e. The molecule has 0 bridgehead atoms. The van der Waals surface area contributed by atoms with Gasteiger partial charge in [-0.3, -0.25) is 4.79 Å². The van der Waals surface area contributed by atoms with Crippen molar-refractivity contribution in [2.45, 2.75) is 71.9 Å². The van der Waals surface area contributed by atoms with Crippen LogP contribution in [0.2, 0.25) is 0 Å². The molecule has 0 aromatic rings. The van der Waals surface area contributed by atoms with Gasteiger partial charge in [0.1, 0.15) is 5.78 Å². The minimum absolute atomic E-state index is 0.442. The summed E-state index contributed by atoms with van der Waals surface area (Å²) >= 11 is 0. The van der Waals surface area contributed by atoms with E-state index in [4.69, 9.17) is 19.6 Å². The molecule has 7 nitrogen and oxygen atoms in total. The van der Waals surface area contributed by atoms with E-state index < -0.39 is 35.2 Å². The van der Waals surface area contributed by atoms with Gasteiger partial charge in [-0.1, -0.05) is 0 Å². The molecule has 20 heavy (non-hydrogen) atoms. The highest BCUT2D eigenvalue weighted by Gasteiger charge is 2.48. The van der Waals surface area contributed by atoms with Gasteiger partial charge < -0.3 is 5.11 Å². The number of hydrogen-bond acceptors (Lipinski definition) is 6. The second-order valence-corrected chi connectivity index (χ2v) is 6.49. The van der Waals surface area contributed by atoms with Crippen LogP contribution < -0.4 is 0 Å². The van der Waals surface area contributed by atoms with Gasteiger partial charge in [0.25, 0.3) is 0 Å². The third-order valence-corrected chi connectivity index (χ3v) is 1.66. The molecule has 0 aromatic carbocycles. The van der Waals surface area contributed by atoms with E-state index in [9.17, 15) is 14.7 Å². The Morgan fingerprint density at radius 3 is 1.40 bits per heavy atom. The molecule has 0 radical (unpaired) electrons. The number of carboxylic acids is 1. The van der Waals surface area contributed by atoms with Crippen molar-refractivity contribution in [2.75, 3.05) is 0 Å². The molecular formula is C13H24O7. The summed E-state index contributed by atoms with van der Waals surface area (Å²) in [6.07, 6.45) is -0.547. The van der Waals surface area contributed by atoms with Gasteiger partial charge in [0, 0.05) is 0 Å². The van der Waals surface area contributed by atoms with Crippen LogP contribution in [0.1, 0.15) is 54.9 Å². The maximum atomic E-state index is 11.4. The highest BCUT2D eigenvalue weighted by atomic mass is 17.3. The first-order chi connectivity index (χ1) is 8.77. The van der Waals surface area contributed by atoms with Gasteiger partial charge in [-0.05, 0) is 48.5 Å². The van der Waals surface area contributed by atoms with Gasteiger partial charge >= 0.3 is 11.8 Å². The third kappa shape index (κ3) is 7.54. The predicted octanol–water partition coefficient (Wildman–Crippen LogP) is 2.24. The van der Waals surface area contributed by atoms with Gasteiger partial charge in [-0.15, -0.1) is 0 Å². The van der Waals surface area contributed by atoms with Crippen LogP contribution in [0.25, 0.3) is 0 Å². The zero-order valence-corrected chi connectivity index (χ0v) is 13.1. The first-order valence-corrected chi connectivity index (χ1v) is 6.24. The molecule has 0 aliphatic carbocycles. The van der Waals surface area contributed by atoms with E-state index in [0.717, 1.165) is 0 Å². The lowest BCUT2D eigenvalue weighted by atomic mass is 10.1. The van der Waals surface area contributed by atoms with Crippen molar-refractivity contribution in [1.82, 2.24) is 0 Å². The number of ketones is 1. The maximum absolute atomic E-state index is 11.4. The average molecular weight is 292 g/mol. The molecule has 1 N–H and O–H groups in total. The molecule has 0 fully saturated rings. The lowest BCUT2D eigenvalue weighted by molar-refractivity contribution is -0.526. The van der Waals surface area contributed by atoms with E-state index in [0.29, 0.717) is 0 Å². The summed E-state index contributed by atoms with van der Waals surface area (Å²) in [5, 5.41) is 9.30. The highest BCUT2D eigenvalue weighted by molar-refractivity contribution is 5.85. The number of hydrogen-bond donors (Lipinski definition) is 1. The Balaban J connectivity index is 5.14. The van der Waals surface area contributed by atoms with Crippen molar-refractivity contribution in [2.24, 2.45) is 0 Å². The monoisotopic (exact) mass is 292 g/mol. The molecule has 0 saturated heterocycles. The Labute approximate surface area is 119 Å².